The van der Waals surface area contributed by atoms with Crippen LogP contribution in [0.3, 0.4) is 0 Å². The lowest BCUT2D eigenvalue weighted by molar-refractivity contribution is -0.118. The number of thiazole rings is 1. The van der Waals surface area contributed by atoms with Crippen LogP contribution in [0.2, 0.25) is 0 Å². The number of hydrogen-bond acceptors (Lipinski definition) is 4. The first-order valence-electron chi connectivity index (χ1n) is 9.82. The largest absolute Gasteiger partial charge is 0.340 e. The number of nitrogens with one attached hydrogen (secondary N) is 2. The van der Waals surface area contributed by atoms with Crippen molar-refractivity contribution in [3.63, 3.8) is 0 Å². The van der Waals surface area contributed by atoms with E-state index in [-0.39, 0.29) is 17.3 Å². The molecule has 0 aliphatic heterocycles. The van der Waals surface area contributed by atoms with Gasteiger partial charge in [0.15, 0.2) is 5.13 Å². The smallest absolute Gasteiger partial charge is 0.254 e. The average Bonchev–Trinajstić information content (AvgIpc) is 3.06. The summed E-state index contributed by atoms with van der Waals surface area (Å²) in [6, 6.07) is 11.2. The number of carbonyl (C=O) groups excluding carboxylic acids is 2. The van der Waals surface area contributed by atoms with E-state index in [1.165, 1.54) is 35.6 Å². The van der Waals surface area contributed by atoms with Crippen molar-refractivity contribution in [3.05, 3.63) is 81.9 Å². The zero-order chi connectivity index (χ0) is 22.5. The number of hydrogen-bond donors (Lipinski definition) is 2. The van der Waals surface area contributed by atoms with Crippen LogP contribution < -0.4 is 10.6 Å². The highest BCUT2D eigenvalue weighted by Crippen LogP contribution is 2.26. The van der Waals surface area contributed by atoms with E-state index >= 15 is 0 Å². The minimum absolute atomic E-state index is 0.127. The van der Waals surface area contributed by atoms with Crippen LogP contribution in [0.4, 0.5) is 13.9 Å². The van der Waals surface area contributed by atoms with Crippen molar-refractivity contribution in [1.82, 2.24) is 10.3 Å². The van der Waals surface area contributed by atoms with Crippen molar-refractivity contribution in [2.45, 2.75) is 33.2 Å². The lowest BCUT2D eigenvalue weighted by Crippen LogP contribution is -2.47. The van der Waals surface area contributed by atoms with E-state index in [0.29, 0.717) is 22.8 Å². The first-order valence-corrected chi connectivity index (χ1v) is 10.6. The Bertz CT molecular complexity index is 1100. The summed E-state index contributed by atoms with van der Waals surface area (Å²) >= 11 is 1.26. The summed E-state index contributed by atoms with van der Waals surface area (Å²) in [5.74, 6) is -2.31. The second kappa shape index (κ2) is 9.78. The van der Waals surface area contributed by atoms with E-state index in [1.807, 2.05) is 0 Å². The fourth-order valence-electron chi connectivity index (χ4n) is 3.04. The molecular weight excluding hydrogens is 420 g/mol. The summed E-state index contributed by atoms with van der Waals surface area (Å²) in [5, 5.41) is 5.68. The predicted octanol–water partition coefficient (Wildman–Crippen LogP) is 4.71. The molecule has 31 heavy (non-hydrogen) atoms. The van der Waals surface area contributed by atoms with E-state index in [4.69, 9.17) is 0 Å². The van der Waals surface area contributed by atoms with Crippen molar-refractivity contribution in [3.8, 4) is 0 Å². The average molecular weight is 444 g/mol. The van der Waals surface area contributed by atoms with Gasteiger partial charge in [0.25, 0.3) is 5.91 Å². The normalized spacial score (nSPS) is 11.9. The van der Waals surface area contributed by atoms with Gasteiger partial charge in [0.2, 0.25) is 5.91 Å². The number of nitrogens with zero attached hydrogens (tertiary/aromatic N) is 1. The maximum atomic E-state index is 14.0. The van der Waals surface area contributed by atoms with Crippen molar-refractivity contribution in [1.29, 1.82) is 0 Å². The van der Waals surface area contributed by atoms with Gasteiger partial charge in [-0.05, 0) is 36.6 Å². The second-order valence-electron chi connectivity index (χ2n) is 7.46. The Balaban J connectivity index is 1.72. The van der Waals surface area contributed by atoms with Crippen molar-refractivity contribution >= 4 is 28.3 Å². The third kappa shape index (κ3) is 5.52. The molecule has 0 spiro atoms. The number of aryl methyl sites for hydroxylation is 1. The summed E-state index contributed by atoms with van der Waals surface area (Å²) in [4.78, 5) is 30.5. The first-order chi connectivity index (χ1) is 14.8. The lowest BCUT2D eigenvalue weighted by Gasteiger charge is -2.21. The van der Waals surface area contributed by atoms with Gasteiger partial charge in [-0.25, -0.2) is 13.8 Å². The van der Waals surface area contributed by atoms with Crippen LogP contribution in [0.15, 0.2) is 48.5 Å². The number of rotatable bonds is 7. The Morgan fingerprint density at radius 2 is 1.68 bits per heavy atom. The van der Waals surface area contributed by atoms with Crippen LogP contribution in [0, 0.1) is 24.5 Å². The summed E-state index contributed by atoms with van der Waals surface area (Å²) in [6.45, 7) is 5.35. The molecule has 2 N–H and O–H groups in total. The SMILES string of the molecule is Cc1nc(NC(=O)C(NC(=O)c2ccccc2F)C(C)C)sc1Cc1ccccc1F. The highest BCUT2D eigenvalue weighted by molar-refractivity contribution is 7.15. The minimum Gasteiger partial charge on any atom is -0.340 e. The monoisotopic (exact) mass is 443 g/mol. The van der Waals surface area contributed by atoms with Crippen molar-refractivity contribution in [2.75, 3.05) is 5.32 Å². The van der Waals surface area contributed by atoms with Crippen LogP contribution in [0.1, 0.15) is 40.3 Å². The highest BCUT2D eigenvalue weighted by Gasteiger charge is 2.26. The van der Waals surface area contributed by atoms with E-state index < -0.39 is 23.7 Å². The van der Waals surface area contributed by atoms with E-state index in [9.17, 15) is 18.4 Å². The van der Waals surface area contributed by atoms with Gasteiger partial charge in [0.1, 0.15) is 17.7 Å². The third-order valence-corrected chi connectivity index (χ3v) is 5.86. The van der Waals surface area contributed by atoms with Crippen LogP contribution in [-0.4, -0.2) is 22.8 Å². The maximum absolute atomic E-state index is 14.0. The molecule has 1 heterocycles. The number of carbonyl (C=O) groups is 2. The highest BCUT2D eigenvalue weighted by atomic mass is 32.1. The number of anilines is 1. The quantitative estimate of drug-likeness (QED) is 0.555. The summed E-state index contributed by atoms with van der Waals surface area (Å²) in [5.41, 5.74) is 1.11. The first kappa shape index (κ1) is 22.6. The van der Waals surface area contributed by atoms with Gasteiger partial charge < -0.3 is 10.6 Å². The van der Waals surface area contributed by atoms with Gasteiger partial charge in [-0.15, -0.1) is 11.3 Å². The fraction of sp³-hybridized carbons (Fsp3) is 0.261. The van der Waals surface area contributed by atoms with E-state index in [2.05, 4.69) is 15.6 Å². The lowest BCUT2D eigenvalue weighted by atomic mass is 10.0. The standard InChI is InChI=1S/C23H23F2N3O2S/c1-13(2)20(27-21(29)16-9-5-7-11-18(16)25)22(30)28-23-26-14(3)19(31-23)12-15-8-4-6-10-17(15)24/h4-11,13,20H,12H2,1-3H3,(H,27,29)(H,26,28,30). The second-order valence-corrected chi connectivity index (χ2v) is 8.54. The molecule has 0 radical (unpaired) electrons. The summed E-state index contributed by atoms with van der Waals surface area (Å²) < 4.78 is 27.9. The van der Waals surface area contributed by atoms with Gasteiger partial charge in [0.05, 0.1) is 11.3 Å². The molecule has 8 heteroatoms. The zero-order valence-corrected chi connectivity index (χ0v) is 18.2. The number of benzene rings is 2. The zero-order valence-electron chi connectivity index (χ0n) is 17.4. The Morgan fingerprint density at radius 1 is 1.03 bits per heavy atom. The molecule has 0 saturated heterocycles. The Labute approximate surface area is 183 Å². The Morgan fingerprint density at radius 3 is 2.32 bits per heavy atom. The molecule has 1 atom stereocenters. The van der Waals surface area contributed by atoms with Crippen LogP contribution in [-0.2, 0) is 11.2 Å². The molecule has 0 aliphatic carbocycles. The molecule has 5 nitrogen and oxygen atoms in total. The molecule has 1 aromatic heterocycles. The molecule has 2 amide bonds. The molecule has 2 aromatic carbocycles. The van der Waals surface area contributed by atoms with Gasteiger partial charge >= 0.3 is 0 Å². The molecule has 0 bridgehead atoms. The number of amides is 2. The molecule has 0 aliphatic rings. The molecule has 1 unspecified atom stereocenters. The topological polar surface area (TPSA) is 71.1 Å². The predicted molar refractivity (Wildman–Crippen MR) is 117 cm³/mol. The third-order valence-electron chi connectivity index (χ3n) is 4.79. The number of halogens is 2. The molecule has 3 aromatic rings. The molecular formula is C23H23F2N3O2S. The van der Waals surface area contributed by atoms with Gasteiger partial charge in [0, 0.05) is 11.3 Å². The van der Waals surface area contributed by atoms with Gasteiger partial charge in [-0.3, -0.25) is 9.59 Å². The minimum atomic E-state index is -0.883. The summed E-state index contributed by atoms with van der Waals surface area (Å²) in [7, 11) is 0. The van der Waals surface area contributed by atoms with Gasteiger partial charge in [-0.2, -0.15) is 0 Å². The molecule has 0 fully saturated rings. The van der Waals surface area contributed by atoms with E-state index in [0.717, 1.165) is 4.88 Å². The molecule has 162 valence electrons. The van der Waals surface area contributed by atoms with Gasteiger partial charge in [-0.1, -0.05) is 44.2 Å². The van der Waals surface area contributed by atoms with Crippen molar-refractivity contribution < 1.29 is 18.4 Å². The molecule has 0 saturated carbocycles. The van der Waals surface area contributed by atoms with Crippen LogP contribution in [0.25, 0.3) is 0 Å². The Hall–Kier alpha value is -3.13. The fourth-order valence-corrected chi connectivity index (χ4v) is 4.03. The summed E-state index contributed by atoms with van der Waals surface area (Å²) in [6.07, 6.45) is 0.365. The van der Waals surface area contributed by atoms with Crippen LogP contribution in [0.5, 0.6) is 0 Å². The van der Waals surface area contributed by atoms with Crippen LogP contribution >= 0.6 is 11.3 Å². The maximum Gasteiger partial charge on any atom is 0.254 e. The number of aromatic nitrogens is 1. The molecule has 3 rings (SSSR count). The van der Waals surface area contributed by atoms with Crippen molar-refractivity contribution in [2.24, 2.45) is 5.92 Å². The Kier molecular flexibility index (Phi) is 7.12. The van der Waals surface area contributed by atoms with E-state index in [1.54, 1.807) is 45.0 Å².